The van der Waals surface area contributed by atoms with Crippen LogP contribution in [-0.4, -0.2) is 61.6 Å². The fourth-order valence-corrected chi connectivity index (χ4v) is 3.98. The lowest BCUT2D eigenvalue weighted by molar-refractivity contribution is -0.131. The standard InChI is InChI=1S/C15H26N2O2/c1-13(18)17-7-4-15(5-8-17)3-6-16(12-15)10-14-2-9-19-11-14/h14H,2-12H2,1H3/t14-/m0/s1. The topological polar surface area (TPSA) is 32.8 Å². The average molecular weight is 266 g/mol. The van der Waals surface area contributed by atoms with Crippen LogP contribution in [0.5, 0.6) is 0 Å². The van der Waals surface area contributed by atoms with Gasteiger partial charge in [0.1, 0.15) is 0 Å². The molecule has 3 aliphatic rings. The molecule has 4 heteroatoms. The zero-order chi connectivity index (χ0) is 13.3. The van der Waals surface area contributed by atoms with Gasteiger partial charge >= 0.3 is 0 Å². The molecule has 0 aromatic rings. The molecule has 19 heavy (non-hydrogen) atoms. The first-order valence-electron chi connectivity index (χ1n) is 7.73. The average Bonchev–Trinajstić information content (AvgIpc) is 3.02. The molecule has 3 fully saturated rings. The monoisotopic (exact) mass is 266 g/mol. The van der Waals surface area contributed by atoms with Crippen LogP contribution in [0.1, 0.15) is 32.6 Å². The molecule has 0 radical (unpaired) electrons. The molecule has 1 atom stereocenters. The molecular formula is C15H26N2O2. The molecule has 4 nitrogen and oxygen atoms in total. The Morgan fingerprint density at radius 1 is 1.26 bits per heavy atom. The lowest BCUT2D eigenvalue weighted by Gasteiger charge is -2.39. The molecule has 0 N–H and O–H groups in total. The summed E-state index contributed by atoms with van der Waals surface area (Å²) >= 11 is 0. The van der Waals surface area contributed by atoms with E-state index in [-0.39, 0.29) is 5.91 Å². The van der Waals surface area contributed by atoms with Crippen LogP contribution in [0.2, 0.25) is 0 Å². The van der Waals surface area contributed by atoms with Crippen molar-refractivity contribution in [3.8, 4) is 0 Å². The van der Waals surface area contributed by atoms with E-state index in [0.717, 1.165) is 32.2 Å². The molecule has 1 amide bonds. The van der Waals surface area contributed by atoms with Gasteiger partial charge in [-0.1, -0.05) is 0 Å². The number of hydrogen-bond acceptors (Lipinski definition) is 3. The Morgan fingerprint density at radius 2 is 2.00 bits per heavy atom. The van der Waals surface area contributed by atoms with Crippen molar-refractivity contribution < 1.29 is 9.53 Å². The van der Waals surface area contributed by atoms with E-state index in [1.165, 1.54) is 45.3 Å². The number of ether oxygens (including phenoxy) is 1. The molecule has 3 heterocycles. The van der Waals surface area contributed by atoms with Gasteiger partial charge in [0.25, 0.3) is 0 Å². The number of rotatable bonds is 2. The fourth-order valence-electron chi connectivity index (χ4n) is 3.98. The smallest absolute Gasteiger partial charge is 0.219 e. The maximum Gasteiger partial charge on any atom is 0.219 e. The van der Waals surface area contributed by atoms with Crippen LogP contribution >= 0.6 is 0 Å². The van der Waals surface area contributed by atoms with Gasteiger partial charge in [0.2, 0.25) is 5.91 Å². The lowest BCUT2D eigenvalue weighted by atomic mass is 9.78. The van der Waals surface area contributed by atoms with E-state index in [1.54, 1.807) is 6.92 Å². The summed E-state index contributed by atoms with van der Waals surface area (Å²) in [5.74, 6) is 1.00. The van der Waals surface area contributed by atoms with Crippen LogP contribution in [-0.2, 0) is 9.53 Å². The van der Waals surface area contributed by atoms with E-state index >= 15 is 0 Å². The highest BCUT2D eigenvalue weighted by molar-refractivity contribution is 5.73. The third-order valence-corrected chi connectivity index (χ3v) is 5.33. The zero-order valence-electron chi connectivity index (χ0n) is 12.1. The first kappa shape index (κ1) is 13.4. The molecule has 3 saturated heterocycles. The number of likely N-dealkylation sites (tertiary alicyclic amines) is 2. The number of amides is 1. The van der Waals surface area contributed by atoms with Crippen LogP contribution in [0.15, 0.2) is 0 Å². The largest absolute Gasteiger partial charge is 0.381 e. The molecule has 108 valence electrons. The molecule has 0 aromatic carbocycles. The van der Waals surface area contributed by atoms with Crippen LogP contribution in [0.4, 0.5) is 0 Å². The van der Waals surface area contributed by atoms with Gasteiger partial charge in [-0.3, -0.25) is 4.79 Å². The van der Waals surface area contributed by atoms with Gasteiger partial charge < -0.3 is 14.5 Å². The summed E-state index contributed by atoms with van der Waals surface area (Å²) in [6, 6.07) is 0. The Bertz CT molecular complexity index is 331. The summed E-state index contributed by atoms with van der Waals surface area (Å²) in [6.45, 7) is 9.26. The van der Waals surface area contributed by atoms with Gasteiger partial charge in [-0.2, -0.15) is 0 Å². The van der Waals surface area contributed by atoms with Crippen molar-refractivity contribution in [1.29, 1.82) is 0 Å². The van der Waals surface area contributed by atoms with Crippen molar-refractivity contribution in [2.75, 3.05) is 45.9 Å². The molecule has 0 bridgehead atoms. The SMILES string of the molecule is CC(=O)N1CCC2(CCN(C[C@@H]3CCOC3)C2)CC1. The maximum absolute atomic E-state index is 11.4. The van der Waals surface area contributed by atoms with Crippen molar-refractivity contribution in [1.82, 2.24) is 9.80 Å². The third kappa shape index (κ3) is 2.95. The highest BCUT2D eigenvalue weighted by atomic mass is 16.5. The van der Waals surface area contributed by atoms with Gasteiger partial charge in [-0.25, -0.2) is 0 Å². The molecule has 3 rings (SSSR count). The van der Waals surface area contributed by atoms with Crippen LogP contribution < -0.4 is 0 Å². The fraction of sp³-hybridized carbons (Fsp3) is 0.933. The number of carbonyl (C=O) groups is 1. The van der Waals surface area contributed by atoms with Crippen LogP contribution in [0, 0.1) is 11.3 Å². The third-order valence-electron chi connectivity index (χ3n) is 5.33. The molecular weight excluding hydrogens is 240 g/mol. The molecule has 3 aliphatic heterocycles. The minimum atomic E-state index is 0.243. The van der Waals surface area contributed by atoms with Crippen molar-refractivity contribution in [2.24, 2.45) is 11.3 Å². The molecule has 1 spiro atoms. The second-order valence-corrected chi connectivity index (χ2v) is 6.72. The van der Waals surface area contributed by atoms with Gasteiger partial charge in [0, 0.05) is 39.7 Å². The minimum Gasteiger partial charge on any atom is -0.381 e. The lowest BCUT2D eigenvalue weighted by Crippen LogP contribution is -2.43. The quantitative estimate of drug-likeness (QED) is 0.756. The Hall–Kier alpha value is -0.610. The van der Waals surface area contributed by atoms with E-state index in [0.29, 0.717) is 5.41 Å². The van der Waals surface area contributed by atoms with Crippen molar-refractivity contribution in [3.05, 3.63) is 0 Å². The zero-order valence-corrected chi connectivity index (χ0v) is 12.1. The van der Waals surface area contributed by atoms with Crippen LogP contribution in [0.25, 0.3) is 0 Å². The summed E-state index contributed by atoms with van der Waals surface area (Å²) in [5.41, 5.74) is 0.505. The first-order chi connectivity index (χ1) is 9.17. The second-order valence-electron chi connectivity index (χ2n) is 6.72. The van der Waals surface area contributed by atoms with E-state index in [4.69, 9.17) is 4.74 Å². The van der Waals surface area contributed by atoms with Crippen molar-refractivity contribution in [2.45, 2.75) is 32.6 Å². The van der Waals surface area contributed by atoms with Gasteiger partial charge in [-0.15, -0.1) is 0 Å². The number of piperidine rings is 1. The number of hydrogen-bond donors (Lipinski definition) is 0. The summed E-state index contributed by atoms with van der Waals surface area (Å²) in [5, 5.41) is 0. The Morgan fingerprint density at radius 3 is 2.63 bits per heavy atom. The van der Waals surface area contributed by atoms with E-state index in [9.17, 15) is 4.79 Å². The van der Waals surface area contributed by atoms with E-state index < -0.39 is 0 Å². The molecule has 0 saturated carbocycles. The normalized spacial score (nSPS) is 31.2. The predicted octanol–water partition coefficient (Wildman–Crippen LogP) is 1.36. The van der Waals surface area contributed by atoms with Gasteiger partial charge in [-0.05, 0) is 43.6 Å². The highest BCUT2D eigenvalue weighted by Crippen LogP contribution is 2.40. The summed E-state index contributed by atoms with van der Waals surface area (Å²) < 4.78 is 5.47. The maximum atomic E-state index is 11.4. The Labute approximate surface area is 116 Å². The predicted molar refractivity (Wildman–Crippen MR) is 73.9 cm³/mol. The summed E-state index contributed by atoms with van der Waals surface area (Å²) in [6.07, 6.45) is 4.96. The van der Waals surface area contributed by atoms with Gasteiger partial charge in [0.05, 0.1) is 6.61 Å². The Kier molecular flexibility index (Phi) is 3.81. The highest BCUT2D eigenvalue weighted by Gasteiger charge is 2.41. The molecule has 0 aliphatic carbocycles. The number of carbonyl (C=O) groups excluding carboxylic acids is 1. The first-order valence-corrected chi connectivity index (χ1v) is 7.73. The van der Waals surface area contributed by atoms with Crippen molar-refractivity contribution >= 4 is 5.91 Å². The summed E-state index contributed by atoms with van der Waals surface area (Å²) in [7, 11) is 0. The molecule has 0 unspecified atom stereocenters. The van der Waals surface area contributed by atoms with Crippen molar-refractivity contribution in [3.63, 3.8) is 0 Å². The Balaban J connectivity index is 1.49. The number of nitrogens with zero attached hydrogens (tertiary/aromatic N) is 2. The van der Waals surface area contributed by atoms with Crippen LogP contribution in [0.3, 0.4) is 0 Å². The van der Waals surface area contributed by atoms with E-state index in [1.807, 2.05) is 4.90 Å². The minimum absolute atomic E-state index is 0.243. The summed E-state index contributed by atoms with van der Waals surface area (Å²) in [4.78, 5) is 16.1. The second kappa shape index (κ2) is 5.41. The molecule has 0 aromatic heterocycles. The van der Waals surface area contributed by atoms with Gasteiger partial charge in [0.15, 0.2) is 0 Å². The van der Waals surface area contributed by atoms with E-state index in [2.05, 4.69) is 4.90 Å².